The van der Waals surface area contributed by atoms with Gasteiger partial charge >= 0.3 is 0 Å². The van der Waals surface area contributed by atoms with Crippen molar-refractivity contribution < 1.29 is 9.59 Å². The zero-order valence-corrected chi connectivity index (χ0v) is 15.2. The molecule has 0 bridgehead atoms. The maximum atomic E-state index is 8.80. The van der Waals surface area contributed by atoms with Crippen LogP contribution in [-0.2, 0) is 0 Å². The van der Waals surface area contributed by atoms with Gasteiger partial charge in [-0.2, -0.15) is 0 Å². The first kappa shape index (κ1) is 20.9. The molecule has 0 unspecified atom stereocenters. The predicted molar refractivity (Wildman–Crippen MR) is 94.6 cm³/mol. The van der Waals surface area contributed by atoms with Crippen molar-refractivity contribution in [2.45, 2.75) is 90.4 Å². The maximum absolute atomic E-state index is 8.80. The number of rotatable bonds is 16. The molecule has 1 N–H and O–H groups in total. The number of hydrogen-bond donors (Lipinski definition) is 1. The van der Waals surface area contributed by atoms with E-state index in [1.807, 2.05) is 0 Å². The molecule has 0 aliphatic heterocycles. The highest BCUT2D eigenvalue weighted by molar-refractivity contribution is 4.48. The number of nitrogens with zero attached hydrogens (tertiary/aromatic N) is 1. The summed E-state index contributed by atoms with van der Waals surface area (Å²) in [4.78, 5) is 0. The Hall–Kier alpha value is -0.0800. The highest BCUT2D eigenvalue weighted by Crippen LogP contribution is 2.12. The lowest BCUT2D eigenvalue weighted by Crippen LogP contribution is -2.41. The second kappa shape index (κ2) is 14.8. The third-order valence-electron chi connectivity index (χ3n) is 4.54. The van der Waals surface area contributed by atoms with Crippen LogP contribution >= 0.6 is 0 Å². The van der Waals surface area contributed by atoms with E-state index in [1.54, 1.807) is 0 Å². The quantitative estimate of drug-likeness (QED) is 0.309. The fraction of sp³-hybridized carbons (Fsp3) is 1.00. The summed E-state index contributed by atoms with van der Waals surface area (Å²) in [5.41, 5.74) is 0. The molecule has 0 aromatic carbocycles. The zero-order chi connectivity index (χ0) is 15.8. The van der Waals surface area contributed by atoms with Crippen molar-refractivity contribution in [3.63, 3.8) is 0 Å². The van der Waals surface area contributed by atoms with Crippen molar-refractivity contribution in [3.8, 4) is 0 Å². The molecule has 0 spiro atoms. The van der Waals surface area contributed by atoms with E-state index in [2.05, 4.69) is 21.0 Å². The summed E-state index contributed by atoms with van der Waals surface area (Å²) in [6.45, 7) is 5.21. The molecule has 0 atom stereocenters. The Morgan fingerprint density at radius 2 is 0.952 bits per heavy atom. The number of aliphatic hydroxyl groups excluding tert-OH is 1. The fourth-order valence-corrected chi connectivity index (χ4v) is 2.97. The van der Waals surface area contributed by atoms with Crippen LogP contribution in [0.5, 0.6) is 0 Å². The molecular formula is C19H42NO+. The minimum Gasteiger partial charge on any atom is -0.396 e. The Balaban J connectivity index is 3.28. The highest BCUT2D eigenvalue weighted by atomic mass is 16.2. The van der Waals surface area contributed by atoms with Crippen LogP contribution in [0.1, 0.15) is 90.4 Å². The van der Waals surface area contributed by atoms with E-state index in [1.165, 1.54) is 90.1 Å². The van der Waals surface area contributed by atoms with E-state index in [0.29, 0.717) is 6.61 Å². The zero-order valence-electron chi connectivity index (χ0n) is 15.2. The lowest BCUT2D eigenvalue weighted by atomic mass is 10.1. The summed E-state index contributed by atoms with van der Waals surface area (Å²) in [5, 5.41) is 8.80. The first-order chi connectivity index (χ1) is 10.1. The Bertz CT molecular complexity index is 204. The highest BCUT2D eigenvalue weighted by Gasteiger charge is 2.13. The molecular weight excluding hydrogens is 258 g/mol. The van der Waals surface area contributed by atoms with Gasteiger partial charge < -0.3 is 9.59 Å². The van der Waals surface area contributed by atoms with Crippen LogP contribution in [0.4, 0.5) is 0 Å². The van der Waals surface area contributed by atoms with Gasteiger partial charge in [0, 0.05) is 6.61 Å². The van der Waals surface area contributed by atoms with Gasteiger partial charge in [-0.25, -0.2) is 0 Å². The second-order valence-corrected chi connectivity index (χ2v) is 7.35. The van der Waals surface area contributed by atoms with Crippen LogP contribution in [-0.4, -0.2) is 43.4 Å². The van der Waals surface area contributed by atoms with Gasteiger partial charge in [0.25, 0.3) is 0 Å². The molecule has 2 nitrogen and oxygen atoms in total. The molecule has 0 rings (SSSR count). The van der Waals surface area contributed by atoms with E-state index >= 15 is 0 Å². The molecule has 0 aromatic heterocycles. The van der Waals surface area contributed by atoms with Crippen molar-refractivity contribution in [3.05, 3.63) is 0 Å². The first-order valence-corrected chi connectivity index (χ1v) is 9.55. The van der Waals surface area contributed by atoms with Gasteiger partial charge in [-0.1, -0.05) is 58.3 Å². The van der Waals surface area contributed by atoms with E-state index in [-0.39, 0.29) is 0 Å². The predicted octanol–water partition coefficient (Wildman–Crippen LogP) is 5.15. The average Bonchev–Trinajstić information content (AvgIpc) is 2.45. The fourth-order valence-electron chi connectivity index (χ4n) is 2.97. The Kier molecular flexibility index (Phi) is 14.8. The van der Waals surface area contributed by atoms with Crippen molar-refractivity contribution in [1.82, 2.24) is 0 Å². The molecule has 0 radical (unpaired) electrons. The minimum absolute atomic E-state index is 0.353. The lowest BCUT2D eigenvalue weighted by Gasteiger charge is -2.30. The van der Waals surface area contributed by atoms with Gasteiger partial charge in [0.05, 0.1) is 27.2 Å². The maximum Gasteiger partial charge on any atom is 0.0782 e. The Labute approximate surface area is 134 Å². The normalized spacial score (nSPS) is 12.0. The average molecular weight is 301 g/mol. The smallest absolute Gasteiger partial charge is 0.0782 e. The summed E-state index contributed by atoms with van der Waals surface area (Å²) in [6.07, 6.45) is 17.6. The van der Waals surface area contributed by atoms with Crippen LogP contribution in [0.3, 0.4) is 0 Å². The van der Waals surface area contributed by atoms with Gasteiger partial charge in [0.1, 0.15) is 0 Å². The van der Waals surface area contributed by atoms with Crippen LogP contribution in [0.25, 0.3) is 0 Å². The molecule has 128 valence electrons. The largest absolute Gasteiger partial charge is 0.396 e. The standard InChI is InChI=1S/C19H42NO/c1-4-5-6-7-8-9-10-11-12-14-17-20(2,3)18-15-13-16-19-21/h21H,4-19H2,1-3H3/q+1. The van der Waals surface area contributed by atoms with E-state index < -0.39 is 0 Å². The topological polar surface area (TPSA) is 20.2 Å². The number of unbranched alkanes of at least 4 members (excludes halogenated alkanes) is 11. The van der Waals surface area contributed by atoms with E-state index in [4.69, 9.17) is 5.11 Å². The van der Waals surface area contributed by atoms with Crippen LogP contribution in [0, 0.1) is 0 Å². The number of quaternary nitrogens is 1. The molecule has 0 fully saturated rings. The van der Waals surface area contributed by atoms with Crippen LogP contribution < -0.4 is 0 Å². The molecule has 0 saturated carbocycles. The molecule has 21 heavy (non-hydrogen) atoms. The van der Waals surface area contributed by atoms with Crippen molar-refractivity contribution >= 4 is 0 Å². The van der Waals surface area contributed by atoms with Gasteiger partial charge in [0.2, 0.25) is 0 Å². The van der Waals surface area contributed by atoms with Crippen molar-refractivity contribution in [2.24, 2.45) is 0 Å². The van der Waals surface area contributed by atoms with Gasteiger partial charge in [-0.05, 0) is 32.1 Å². The molecule has 0 aliphatic rings. The van der Waals surface area contributed by atoms with E-state index in [0.717, 1.165) is 10.9 Å². The number of hydrogen-bond acceptors (Lipinski definition) is 1. The van der Waals surface area contributed by atoms with E-state index in [9.17, 15) is 0 Å². The molecule has 0 aliphatic carbocycles. The van der Waals surface area contributed by atoms with Gasteiger partial charge in [-0.3, -0.25) is 0 Å². The van der Waals surface area contributed by atoms with Crippen molar-refractivity contribution in [1.29, 1.82) is 0 Å². The Morgan fingerprint density at radius 1 is 0.571 bits per heavy atom. The molecule has 0 aromatic rings. The summed E-state index contributed by atoms with van der Waals surface area (Å²) >= 11 is 0. The molecule has 0 saturated heterocycles. The minimum atomic E-state index is 0.353. The molecule has 0 amide bonds. The third kappa shape index (κ3) is 16.1. The monoisotopic (exact) mass is 300 g/mol. The summed E-state index contributed by atoms with van der Waals surface area (Å²) in [6, 6.07) is 0. The summed E-state index contributed by atoms with van der Waals surface area (Å²) in [5.74, 6) is 0. The summed E-state index contributed by atoms with van der Waals surface area (Å²) in [7, 11) is 4.71. The van der Waals surface area contributed by atoms with Crippen LogP contribution in [0.2, 0.25) is 0 Å². The molecule has 0 heterocycles. The Morgan fingerprint density at radius 3 is 1.38 bits per heavy atom. The van der Waals surface area contributed by atoms with Gasteiger partial charge in [0.15, 0.2) is 0 Å². The first-order valence-electron chi connectivity index (χ1n) is 9.55. The second-order valence-electron chi connectivity index (χ2n) is 7.35. The van der Waals surface area contributed by atoms with Crippen molar-refractivity contribution in [2.75, 3.05) is 33.8 Å². The van der Waals surface area contributed by atoms with Crippen LogP contribution in [0.15, 0.2) is 0 Å². The SMILES string of the molecule is CCCCCCCCCCCC[N+](C)(C)CCCCCO. The van der Waals surface area contributed by atoms with Gasteiger partial charge in [-0.15, -0.1) is 0 Å². The third-order valence-corrected chi connectivity index (χ3v) is 4.54. The lowest BCUT2D eigenvalue weighted by molar-refractivity contribution is -0.890. The molecule has 2 heteroatoms. The number of aliphatic hydroxyl groups is 1. The summed E-state index contributed by atoms with van der Waals surface area (Å²) < 4.78 is 1.16.